The molecule has 2 heterocycles. The summed E-state index contributed by atoms with van der Waals surface area (Å²) >= 11 is 0. The van der Waals surface area contributed by atoms with Gasteiger partial charge in [0.25, 0.3) is 5.91 Å². The van der Waals surface area contributed by atoms with Crippen molar-refractivity contribution in [2.45, 2.75) is 6.04 Å². The van der Waals surface area contributed by atoms with Gasteiger partial charge in [0.15, 0.2) is 0 Å². The number of aromatic nitrogens is 3. The summed E-state index contributed by atoms with van der Waals surface area (Å²) in [6.45, 7) is 0. The molecular formula is C20H16N4O. The van der Waals surface area contributed by atoms with Crippen LogP contribution in [0.2, 0.25) is 0 Å². The molecule has 2 aromatic carbocycles. The molecule has 122 valence electrons. The minimum Gasteiger partial charge on any atom is -0.340 e. The van der Waals surface area contributed by atoms with Gasteiger partial charge in [-0.15, -0.1) is 0 Å². The first-order valence-corrected chi connectivity index (χ1v) is 8.02. The predicted molar refractivity (Wildman–Crippen MR) is 96.1 cm³/mol. The second kappa shape index (κ2) is 6.57. The second-order valence-corrected chi connectivity index (χ2v) is 5.70. The smallest absolute Gasteiger partial charge is 0.253 e. The summed E-state index contributed by atoms with van der Waals surface area (Å²) in [6.07, 6.45) is 3.20. The Morgan fingerprint density at radius 2 is 1.76 bits per heavy atom. The Bertz CT molecular complexity index is 963. The molecule has 0 aliphatic rings. The largest absolute Gasteiger partial charge is 0.340 e. The molecule has 1 atom stereocenters. The van der Waals surface area contributed by atoms with E-state index in [-0.39, 0.29) is 11.9 Å². The van der Waals surface area contributed by atoms with E-state index in [1.807, 2.05) is 54.6 Å². The van der Waals surface area contributed by atoms with Crippen LogP contribution in [-0.2, 0) is 0 Å². The maximum absolute atomic E-state index is 12.6. The molecule has 2 aromatic heterocycles. The maximum Gasteiger partial charge on any atom is 0.253 e. The number of pyridine rings is 1. The quantitative estimate of drug-likeness (QED) is 0.602. The highest BCUT2D eigenvalue weighted by atomic mass is 16.1. The first-order valence-electron chi connectivity index (χ1n) is 8.02. The van der Waals surface area contributed by atoms with Gasteiger partial charge in [0, 0.05) is 12.4 Å². The number of carbonyl (C=O) groups is 1. The van der Waals surface area contributed by atoms with Crippen molar-refractivity contribution in [1.82, 2.24) is 20.3 Å². The third-order valence-corrected chi connectivity index (χ3v) is 4.01. The Labute approximate surface area is 144 Å². The molecule has 0 bridgehead atoms. The van der Waals surface area contributed by atoms with Gasteiger partial charge in [-0.3, -0.25) is 9.78 Å². The number of aromatic amines is 1. The molecular weight excluding hydrogens is 312 g/mol. The number of benzene rings is 2. The summed E-state index contributed by atoms with van der Waals surface area (Å²) in [4.78, 5) is 24.6. The van der Waals surface area contributed by atoms with Gasteiger partial charge in [0.1, 0.15) is 11.9 Å². The number of carbonyl (C=O) groups excluding carboxylic acids is 1. The van der Waals surface area contributed by atoms with Crippen LogP contribution < -0.4 is 5.32 Å². The summed E-state index contributed by atoms with van der Waals surface area (Å²) in [5.74, 6) is 0.507. The number of fused-ring (bicyclic) bond motifs is 1. The lowest BCUT2D eigenvalue weighted by Crippen LogP contribution is -2.30. The Balaban J connectivity index is 1.73. The third-order valence-electron chi connectivity index (χ3n) is 4.01. The van der Waals surface area contributed by atoms with Crippen LogP contribution in [0.5, 0.6) is 0 Å². The van der Waals surface area contributed by atoms with Crippen LogP contribution in [0.3, 0.4) is 0 Å². The van der Waals surface area contributed by atoms with E-state index >= 15 is 0 Å². The Hall–Kier alpha value is -3.47. The molecule has 0 spiro atoms. The Morgan fingerprint density at radius 1 is 0.960 bits per heavy atom. The van der Waals surface area contributed by atoms with Crippen LogP contribution in [0, 0.1) is 0 Å². The van der Waals surface area contributed by atoms with Crippen molar-refractivity contribution in [3.8, 4) is 0 Å². The van der Waals surface area contributed by atoms with Gasteiger partial charge in [-0.25, -0.2) is 4.98 Å². The van der Waals surface area contributed by atoms with Crippen LogP contribution in [0.1, 0.15) is 27.8 Å². The standard InChI is InChI=1S/C20H16N4O/c25-20(15-9-6-12-21-13-15)24-18(14-7-2-1-3-8-14)19-22-16-10-4-5-11-17(16)23-19/h1-13,18H,(H,22,23)(H,24,25)/t18-/m1/s1. The minimum absolute atomic E-state index is 0.192. The lowest BCUT2D eigenvalue weighted by Gasteiger charge is -2.17. The minimum atomic E-state index is -0.374. The lowest BCUT2D eigenvalue weighted by atomic mass is 10.1. The third kappa shape index (κ3) is 3.12. The zero-order valence-corrected chi connectivity index (χ0v) is 13.4. The summed E-state index contributed by atoms with van der Waals surface area (Å²) in [6, 6.07) is 20.7. The molecule has 0 saturated carbocycles. The van der Waals surface area contributed by atoms with Gasteiger partial charge in [0.05, 0.1) is 16.6 Å². The van der Waals surface area contributed by atoms with Crippen LogP contribution in [0.25, 0.3) is 11.0 Å². The SMILES string of the molecule is O=C(N[C@H](c1ccccc1)c1nc2ccccc2[nH]1)c1cccnc1. The van der Waals surface area contributed by atoms with Crippen molar-refractivity contribution in [3.05, 3.63) is 96.1 Å². The zero-order chi connectivity index (χ0) is 17.1. The van der Waals surface area contributed by atoms with E-state index in [9.17, 15) is 4.79 Å². The van der Waals surface area contributed by atoms with Crippen LogP contribution >= 0.6 is 0 Å². The molecule has 0 aliphatic heterocycles. The van der Waals surface area contributed by atoms with Gasteiger partial charge in [-0.2, -0.15) is 0 Å². The van der Waals surface area contributed by atoms with Gasteiger partial charge < -0.3 is 10.3 Å². The fourth-order valence-corrected chi connectivity index (χ4v) is 2.78. The van der Waals surface area contributed by atoms with Crippen LogP contribution in [-0.4, -0.2) is 20.9 Å². The van der Waals surface area contributed by atoms with Crippen molar-refractivity contribution in [3.63, 3.8) is 0 Å². The number of imidazole rings is 1. The van der Waals surface area contributed by atoms with E-state index in [1.54, 1.807) is 24.5 Å². The molecule has 2 N–H and O–H groups in total. The first kappa shape index (κ1) is 15.1. The van der Waals surface area contributed by atoms with Crippen molar-refractivity contribution in [1.29, 1.82) is 0 Å². The summed E-state index contributed by atoms with van der Waals surface area (Å²) in [7, 11) is 0. The van der Waals surface area contributed by atoms with Crippen molar-refractivity contribution >= 4 is 16.9 Å². The van der Waals surface area contributed by atoms with E-state index < -0.39 is 0 Å². The number of amides is 1. The lowest BCUT2D eigenvalue weighted by molar-refractivity contribution is 0.0941. The average Bonchev–Trinajstić information content (AvgIpc) is 3.11. The molecule has 0 radical (unpaired) electrons. The predicted octanol–water partition coefficient (Wildman–Crippen LogP) is 3.48. The molecule has 5 heteroatoms. The molecule has 0 fully saturated rings. The molecule has 5 nitrogen and oxygen atoms in total. The molecule has 4 rings (SSSR count). The van der Waals surface area contributed by atoms with E-state index in [0.29, 0.717) is 11.4 Å². The Kier molecular flexibility index (Phi) is 3.96. The van der Waals surface area contributed by atoms with Gasteiger partial charge >= 0.3 is 0 Å². The van der Waals surface area contributed by atoms with E-state index in [2.05, 4.69) is 20.3 Å². The topological polar surface area (TPSA) is 70.7 Å². The van der Waals surface area contributed by atoms with Gasteiger partial charge in [0.2, 0.25) is 0 Å². The average molecular weight is 328 g/mol. The van der Waals surface area contributed by atoms with E-state index in [1.165, 1.54) is 0 Å². The summed E-state index contributed by atoms with van der Waals surface area (Å²) < 4.78 is 0. The highest BCUT2D eigenvalue weighted by Crippen LogP contribution is 2.23. The van der Waals surface area contributed by atoms with Crippen molar-refractivity contribution in [2.75, 3.05) is 0 Å². The van der Waals surface area contributed by atoms with Gasteiger partial charge in [-0.1, -0.05) is 42.5 Å². The number of rotatable bonds is 4. The number of para-hydroxylation sites is 2. The monoisotopic (exact) mass is 328 g/mol. The highest BCUT2D eigenvalue weighted by molar-refractivity contribution is 5.94. The van der Waals surface area contributed by atoms with E-state index in [0.717, 1.165) is 16.6 Å². The Morgan fingerprint density at radius 3 is 2.52 bits per heavy atom. The summed E-state index contributed by atoms with van der Waals surface area (Å²) in [5.41, 5.74) is 3.28. The summed E-state index contributed by atoms with van der Waals surface area (Å²) in [5, 5.41) is 3.05. The molecule has 0 unspecified atom stereocenters. The number of H-pyrrole nitrogens is 1. The number of hydrogen-bond acceptors (Lipinski definition) is 3. The highest BCUT2D eigenvalue weighted by Gasteiger charge is 2.21. The van der Waals surface area contributed by atoms with Crippen molar-refractivity contribution in [2.24, 2.45) is 0 Å². The fourth-order valence-electron chi connectivity index (χ4n) is 2.78. The first-order chi connectivity index (χ1) is 12.3. The zero-order valence-electron chi connectivity index (χ0n) is 13.4. The molecule has 0 aliphatic carbocycles. The van der Waals surface area contributed by atoms with Crippen LogP contribution in [0.15, 0.2) is 79.1 Å². The molecule has 4 aromatic rings. The number of hydrogen-bond donors (Lipinski definition) is 2. The molecule has 1 amide bonds. The van der Waals surface area contributed by atoms with Crippen molar-refractivity contribution < 1.29 is 4.79 Å². The van der Waals surface area contributed by atoms with E-state index in [4.69, 9.17) is 0 Å². The van der Waals surface area contributed by atoms with Gasteiger partial charge in [-0.05, 0) is 29.8 Å². The normalized spacial score (nSPS) is 12.0. The molecule has 25 heavy (non-hydrogen) atoms. The van der Waals surface area contributed by atoms with Crippen LogP contribution in [0.4, 0.5) is 0 Å². The number of nitrogens with zero attached hydrogens (tertiary/aromatic N) is 2. The molecule has 0 saturated heterocycles. The second-order valence-electron chi connectivity index (χ2n) is 5.70. The fraction of sp³-hybridized carbons (Fsp3) is 0.0500. The number of nitrogens with one attached hydrogen (secondary N) is 2. The maximum atomic E-state index is 12.6.